The Balaban J connectivity index is 1.62. The molecule has 2 atom stereocenters. The molecule has 0 aromatic carbocycles. The molecule has 1 aliphatic heterocycles. The summed E-state index contributed by atoms with van der Waals surface area (Å²) in [5.41, 5.74) is 8.03. The molecule has 0 aliphatic carbocycles. The molecular formula is C22H29FN6. The zero-order valence-corrected chi connectivity index (χ0v) is 17.1. The van der Waals surface area contributed by atoms with Gasteiger partial charge in [-0.3, -0.25) is 5.10 Å². The maximum absolute atomic E-state index is 14.7. The molecule has 0 amide bonds. The molecule has 3 aromatic rings. The van der Waals surface area contributed by atoms with E-state index in [0.717, 1.165) is 50.0 Å². The van der Waals surface area contributed by atoms with Gasteiger partial charge in [-0.1, -0.05) is 26.7 Å². The third-order valence-corrected chi connectivity index (χ3v) is 6.32. The van der Waals surface area contributed by atoms with Gasteiger partial charge in [-0.15, -0.1) is 0 Å². The second kappa shape index (κ2) is 8.45. The fraction of sp³-hybridized carbons (Fsp3) is 0.500. The van der Waals surface area contributed by atoms with Crippen molar-refractivity contribution < 1.29 is 4.39 Å². The van der Waals surface area contributed by atoms with Crippen LogP contribution in [-0.4, -0.2) is 39.3 Å². The van der Waals surface area contributed by atoms with Crippen molar-refractivity contribution in [2.45, 2.75) is 45.6 Å². The highest BCUT2D eigenvalue weighted by atomic mass is 19.1. The SMILES string of the molecule is CCC(CC)C(N)C1CCCN(c2ccc(F)c(-c3[nH]nc4ncccc34)n2)C1. The first kappa shape index (κ1) is 19.8. The normalized spacial score (nSPS) is 18.5. The van der Waals surface area contributed by atoms with Crippen LogP contribution in [0.1, 0.15) is 39.5 Å². The van der Waals surface area contributed by atoms with E-state index in [1.165, 1.54) is 6.07 Å². The van der Waals surface area contributed by atoms with Crippen LogP contribution in [0.25, 0.3) is 22.4 Å². The number of aromatic amines is 1. The smallest absolute Gasteiger partial charge is 0.181 e. The maximum atomic E-state index is 14.7. The van der Waals surface area contributed by atoms with Crippen LogP contribution in [0.2, 0.25) is 0 Å². The van der Waals surface area contributed by atoms with Crippen LogP contribution in [0.5, 0.6) is 0 Å². The number of hydrogen-bond acceptors (Lipinski definition) is 5. The van der Waals surface area contributed by atoms with E-state index in [4.69, 9.17) is 5.73 Å². The van der Waals surface area contributed by atoms with Gasteiger partial charge in [0, 0.05) is 30.7 Å². The van der Waals surface area contributed by atoms with Gasteiger partial charge in [0.1, 0.15) is 11.5 Å². The summed E-state index contributed by atoms with van der Waals surface area (Å²) in [6.45, 7) is 6.20. The Morgan fingerprint density at radius 3 is 2.90 bits per heavy atom. The lowest BCUT2D eigenvalue weighted by Crippen LogP contribution is -2.47. The predicted octanol–water partition coefficient (Wildman–Crippen LogP) is 4.14. The van der Waals surface area contributed by atoms with E-state index in [1.807, 2.05) is 12.1 Å². The highest BCUT2D eigenvalue weighted by molar-refractivity contribution is 5.89. The van der Waals surface area contributed by atoms with Crippen molar-refractivity contribution in [2.75, 3.05) is 18.0 Å². The summed E-state index contributed by atoms with van der Waals surface area (Å²) in [5, 5.41) is 7.85. The first-order valence-electron chi connectivity index (χ1n) is 10.6. The van der Waals surface area contributed by atoms with Gasteiger partial charge in [0.15, 0.2) is 11.5 Å². The minimum atomic E-state index is -0.370. The first-order valence-corrected chi connectivity index (χ1v) is 10.6. The van der Waals surface area contributed by atoms with Crippen LogP contribution in [0.15, 0.2) is 30.5 Å². The minimum Gasteiger partial charge on any atom is -0.356 e. The molecule has 3 aromatic heterocycles. The van der Waals surface area contributed by atoms with Gasteiger partial charge >= 0.3 is 0 Å². The molecule has 4 heterocycles. The Morgan fingerprint density at radius 1 is 1.28 bits per heavy atom. The Morgan fingerprint density at radius 2 is 2.10 bits per heavy atom. The molecule has 154 valence electrons. The molecule has 1 saturated heterocycles. The number of halogens is 1. The number of fused-ring (bicyclic) bond motifs is 1. The summed E-state index contributed by atoms with van der Waals surface area (Å²) in [6.07, 6.45) is 6.09. The Kier molecular flexibility index (Phi) is 5.76. The van der Waals surface area contributed by atoms with E-state index in [0.29, 0.717) is 23.2 Å². The number of anilines is 1. The van der Waals surface area contributed by atoms with Crippen molar-refractivity contribution in [3.8, 4) is 11.4 Å². The summed E-state index contributed by atoms with van der Waals surface area (Å²) >= 11 is 0. The van der Waals surface area contributed by atoms with Crippen molar-refractivity contribution in [3.63, 3.8) is 0 Å². The second-order valence-electron chi connectivity index (χ2n) is 7.98. The van der Waals surface area contributed by atoms with Gasteiger partial charge in [-0.05, 0) is 48.9 Å². The van der Waals surface area contributed by atoms with E-state index in [1.54, 1.807) is 12.3 Å². The Labute approximate surface area is 170 Å². The summed E-state index contributed by atoms with van der Waals surface area (Å²) < 4.78 is 14.7. The van der Waals surface area contributed by atoms with Crippen molar-refractivity contribution >= 4 is 16.9 Å². The van der Waals surface area contributed by atoms with Crippen molar-refractivity contribution in [1.82, 2.24) is 20.2 Å². The number of rotatable bonds is 6. The van der Waals surface area contributed by atoms with E-state index in [9.17, 15) is 4.39 Å². The zero-order valence-electron chi connectivity index (χ0n) is 17.1. The van der Waals surface area contributed by atoms with Gasteiger partial charge in [-0.2, -0.15) is 5.10 Å². The number of nitrogens with two attached hydrogens (primary N) is 1. The molecule has 1 fully saturated rings. The molecule has 2 unspecified atom stereocenters. The van der Waals surface area contributed by atoms with E-state index < -0.39 is 0 Å². The summed E-state index contributed by atoms with van der Waals surface area (Å²) in [7, 11) is 0. The molecule has 3 N–H and O–H groups in total. The first-order chi connectivity index (χ1) is 14.1. The number of H-pyrrole nitrogens is 1. The molecule has 0 saturated carbocycles. The fourth-order valence-electron chi connectivity index (χ4n) is 4.56. The Hall–Kier alpha value is -2.54. The third kappa shape index (κ3) is 3.83. The van der Waals surface area contributed by atoms with Crippen LogP contribution in [0.3, 0.4) is 0 Å². The number of piperidine rings is 1. The van der Waals surface area contributed by atoms with Gasteiger partial charge in [-0.25, -0.2) is 14.4 Å². The molecule has 1 aliphatic rings. The second-order valence-corrected chi connectivity index (χ2v) is 7.98. The summed E-state index contributed by atoms with van der Waals surface area (Å²) in [6, 6.07) is 7.14. The molecule has 0 spiro atoms. The predicted molar refractivity (Wildman–Crippen MR) is 114 cm³/mol. The number of pyridine rings is 2. The summed E-state index contributed by atoms with van der Waals surface area (Å²) in [5.74, 6) is 1.39. The zero-order chi connectivity index (χ0) is 20.4. The Bertz CT molecular complexity index is 967. The average molecular weight is 397 g/mol. The topological polar surface area (TPSA) is 83.7 Å². The molecule has 0 bridgehead atoms. The van der Waals surface area contributed by atoms with E-state index in [2.05, 4.69) is 38.9 Å². The fourth-order valence-corrected chi connectivity index (χ4v) is 4.56. The van der Waals surface area contributed by atoms with Gasteiger partial charge in [0.25, 0.3) is 0 Å². The minimum absolute atomic E-state index is 0.190. The lowest BCUT2D eigenvalue weighted by atomic mass is 9.81. The number of nitrogens with one attached hydrogen (secondary N) is 1. The van der Waals surface area contributed by atoms with Crippen molar-refractivity contribution in [1.29, 1.82) is 0 Å². The van der Waals surface area contributed by atoms with E-state index >= 15 is 0 Å². The van der Waals surface area contributed by atoms with Gasteiger partial charge in [0.05, 0.1) is 5.69 Å². The quantitative estimate of drug-likeness (QED) is 0.654. The van der Waals surface area contributed by atoms with Crippen LogP contribution in [0.4, 0.5) is 10.2 Å². The molecule has 6 nitrogen and oxygen atoms in total. The molecule has 0 radical (unpaired) electrons. The molecule has 29 heavy (non-hydrogen) atoms. The van der Waals surface area contributed by atoms with Crippen LogP contribution >= 0.6 is 0 Å². The maximum Gasteiger partial charge on any atom is 0.181 e. The monoisotopic (exact) mass is 396 g/mol. The van der Waals surface area contributed by atoms with Gasteiger partial charge < -0.3 is 10.6 Å². The highest BCUT2D eigenvalue weighted by Crippen LogP contribution is 2.31. The molecular weight excluding hydrogens is 367 g/mol. The lowest BCUT2D eigenvalue weighted by Gasteiger charge is -2.38. The highest BCUT2D eigenvalue weighted by Gasteiger charge is 2.29. The standard InChI is InChI=1S/C22H29FN6/c1-3-14(4-2)19(24)15-7-6-12-29(13-15)18-10-9-17(23)21(26-18)20-16-8-5-11-25-22(16)28-27-20/h5,8-11,14-15,19H,3-4,6-7,12-13,24H2,1-2H3,(H,25,27,28). The number of hydrogen-bond donors (Lipinski definition) is 2. The molecule has 4 rings (SSSR count). The third-order valence-electron chi connectivity index (χ3n) is 6.32. The molecule has 7 heteroatoms. The van der Waals surface area contributed by atoms with Crippen LogP contribution in [0, 0.1) is 17.7 Å². The van der Waals surface area contributed by atoms with Gasteiger partial charge in [0.2, 0.25) is 0 Å². The lowest BCUT2D eigenvalue weighted by molar-refractivity contribution is 0.261. The van der Waals surface area contributed by atoms with Crippen molar-refractivity contribution in [3.05, 3.63) is 36.3 Å². The van der Waals surface area contributed by atoms with Crippen molar-refractivity contribution in [2.24, 2.45) is 17.6 Å². The average Bonchev–Trinajstić information content (AvgIpc) is 3.19. The summed E-state index contributed by atoms with van der Waals surface area (Å²) in [4.78, 5) is 11.1. The number of aromatic nitrogens is 4. The van der Waals surface area contributed by atoms with E-state index in [-0.39, 0.29) is 17.6 Å². The van der Waals surface area contributed by atoms with Crippen LogP contribution < -0.4 is 10.6 Å². The number of nitrogens with zero attached hydrogens (tertiary/aromatic N) is 4. The van der Waals surface area contributed by atoms with Crippen LogP contribution in [-0.2, 0) is 0 Å². The largest absolute Gasteiger partial charge is 0.356 e.